The Balaban J connectivity index is 1.65. The first-order valence-corrected chi connectivity index (χ1v) is 13.3. The van der Waals surface area contributed by atoms with Crippen molar-refractivity contribution in [3.63, 3.8) is 0 Å². The van der Waals surface area contributed by atoms with E-state index in [1.165, 1.54) is 12.1 Å². The van der Waals surface area contributed by atoms with Gasteiger partial charge in [0.25, 0.3) is 0 Å². The fourth-order valence-corrected chi connectivity index (χ4v) is 6.12. The van der Waals surface area contributed by atoms with Crippen LogP contribution in [0, 0.1) is 12.7 Å². The highest BCUT2D eigenvalue weighted by Gasteiger charge is 2.32. The lowest BCUT2D eigenvalue weighted by Crippen LogP contribution is -2.19. The minimum atomic E-state index is -4.08. The van der Waals surface area contributed by atoms with Crippen molar-refractivity contribution in [3.05, 3.63) is 65.8 Å². The highest BCUT2D eigenvalue weighted by Crippen LogP contribution is 2.33. The van der Waals surface area contributed by atoms with Gasteiger partial charge < -0.3 is 9.32 Å². The zero-order valence-corrected chi connectivity index (χ0v) is 19.1. The van der Waals surface area contributed by atoms with Crippen LogP contribution in [0.4, 0.5) is 10.3 Å². The molecule has 2 heterocycles. The van der Waals surface area contributed by atoms with Crippen molar-refractivity contribution >= 4 is 25.6 Å². The summed E-state index contributed by atoms with van der Waals surface area (Å²) >= 11 is 0. The molecule has 0 radical (unpaired) electrons. The molecule has 0 aliphatic carbocycles. The molecule has 0 spiro atoms. The molecule has 1 aromatic heterocycles. The van der Waals surface area contributed by atoms with Crippen LogP contribution < -0.4 is 4.90 Å². The molecule has 0 amide bonds. The van der Waals surface area contributed by atoms with Gasteiger partial charge in [-0.15, -0.1) is 0 Å². The van der Waals surface area contributed by atoms with E-state index in [1.807, 2.05) is 6.92 Å². The lowest BCUT2D eigenvalue weighted by Gasteiger charge is -2.14. The summed E-state index contributed by atoms with van der Waals surface area (Å²) in [4.78, 5) is 6.06. The number of anilines is 1. The van der Waals surface area contributed by atoms with Crippen molar-refractivity contribution in [2.45, 2.75) is 41.0 Å². The van der Waals surface area contributed by atoms with Crippen LogP contribution >= 0.6 is 0 Å². The van der Waals surface area contributed by atoms with Crippen LogP contribution in [0.2, 0.25) is 0 Å². The van der Waals surface area contributed by atoms with Crippen molar-refractivity contribution in [2.24, 2.45) is 0 Å². The van der Waals surface area contributed by atoms with Crippen molar-refractivity contribution in [1.29, 1.82) is 0 Å². The maximum atomic E-state index is 13.3. The Morgan fingerprint density at radius 1 is 0.938 bits per heavy atom. The number of halogens is 1. The lowest BCUT2D eigenvalue weighted by atomic mass is 10.2. The molecule has 1 aliphatic rings. The van der Waals surface area contributed by atoms with Crippen LogP contribution in [0.5, 0.6) is 0 Å². The predicted molar refractivity (Wildman–Crippen MR) is 117 cm³/mol. The number of benzene rings is 2. The molecule has 170 valence electrons. The summed E-state index contributed by atoms with van der Waals surface area (Å²) in [6.45, 7) is 3.09. The Morgan fingerprint density at radius 3 is 2.16 bits per heavy atom. The smallest absolute Gasteiger partial charge is 0.236 e. The molecule has 0 bridgehead atoms. The number of hydrogen-bond acceptors (Lipinski definition) is 7. The summed E-state index contributed by atoms with van der Waals surface area (Å²) in [5.41, 5.74) is 0.947. The molecule has 4 rings (SSSR count). The number of nitrogens with zero attached hydrogens (tertiary/aromatic N) is 2. The minimum absolute atomic E-state index is 0.0308. The number of sulfone groups is 2. The van der Waals surface area contributed by atoms with Crippen molar-refractivity contribution in [3.8, 4) is 0 Å². The average Bonchev–Trinajstić information content (AvgIpc) is 3.43. The molecule has 2 aromatic carbocycles. The molecule has 1 aliphatic heterocycles. The summed E-state index contributed by atoms with van der Waals surface area (Å²) in [6, 6.07) is 11.0. The largest absolute Gasteiger partial charge is 0.424 e. The van der Waals surface area contributed by atoms with E-state index in [9.17, 15) is 21.2 Å². The number of rotatable bonds is 7. The molecule has 7 nitrogen and oxygen atoms in total. The van der Waals surface area contributed by atoms with Gasteiger partial charge in [-0.3, -0.25) is 0 Å². The van der Waals surface area contributed by atoms with Crippen LogP contribution in [-0.4, -0.2) is 40.7 Å². The van der Waals surface area contributed by atoms with Crippen molar-refractivity contribution in [2.75, 3.05) is 23.7 Å². The lowest BCUT2D eigenvalue weighted by molar-refractivity contribution is 0.494. The molecule has 1 fully saturated rings. The highest BCUT2D eigenvalue weighted by molar-refractivity contribution is 7.91. The Morgan fingerprint density at radius 2 is 1.53 bits per heavy atom. The number of hydrogen-bond donors (Lipinski definition) is 0. The summed E-state index contributed by atoms with van der Waals surface area (Å²) in [6.07, 6.45) is 1.69. The topological polar surface area (TPSA) is 97.5 Å². The molecule has 0 saturated carbocycles. The summed E-state index contributed by atoms with van der Waals surface area (Å²) in [5.74, 6) is -0.685. The normalized spacial score (nSPS) is 14.8. The fraction of sp³-hybridized carbons (Fsp3) is 0.318. The highest BCUT2D eigenvalue weighted by atomic mass is 32.2. The van der Waals surface area contributed by atoms with Gasteiger partial charge in [0.15, 0.2) is 15.7 Å². The average molecular weight is 479 g/mol. The van der Waals surface area contributed by atoms with Gasteiger partial charge in [0.1, 0.15) is 5.82 Å². The first kappa shape index (κ1) is 22.5. The molecule has 32 heavy (non-hydrogen) atoms. The third kappa shape index (κ3) is 4.56. The van der Waals surface area contributed by atoms with Gasteiger partial charge in [-0.1, -0.05) is 17.7 Å². The molecule has 0 unspecified atom stereocenters. The number of aromatic nitrogens is 1. The van der Waals surface area contributed by atoms with Gasteiger partial charge in [-0.25, -0.2) is 21.2 Å². The maximum Gasteiger partial charge on any atom is 0.236 e. The molecule has 0 atom stereocenters. The second-order valence-corrected chi connectivity index (χ2v) is 11.7. The standard InChI is InChI=1S/C22H23FN2O5S2/c1-16-4-8-18(9-5-16)31(26,27)15-12-20-24-21(22(30-20)25-13-2-3-14-25)32(28,29)19-10-6-17(23)7-11-19/h4-11H,2-3,12-15H2,1H3. The molecule has 0 N–H and O–H groups in total. The first-order valence-electron chi connectivity index (χ1n) is 10.2. The van der Waals surface area contributed by atoms with Gasteiger partial charge in [0, 0.05) is 19.5 Å². The van der Waals surface area contributed by atoms with E-state index in [0.29, 0.717) is 13.1 Å². The van der Waals surface area contributed by atoms with E-state index >= 15 is 0 Å². The Kier molecular flexibility index (Phi) is 6.09. The van der Waals surface area contributed by atoms with Crippen molar-refractivity contribution in [1.82, 2.24) is 4.98 Å². The van der Waals surface area contributed by atoms with Gasteiger partial charge in [-0.2, -0.15) is 4.98 Å². The minimum Gasteiger partial charge on any atom is -0.424 e. The summed E-state index contributed by atoms with van der Waals surface area (Å²) in [7, 11) is -7.67. The van der Waals surface area contributed by atoms with Crippen molar-refractivity contribution < 1.29 is 25.6 Å². The molecule has 3 aromatic rings. The Bertz CT molecular complexity index is 1310. The fourth-order valence-electron chi connectivity index (χ4n) is 3.55. The van der Waals surface area contributed by atoms with Crippen LogP contribution in [-0.2, 0) is 26.1 Å². The molecular formula is C22H23FN2O5S2. The Hall–Kier alpha value is -2.72. The third-order valence-corrected chi connectivity index (χ3v) is 8.76. The summed E-state index contributed by atoms with van der Waals surface area (Å²) in [5, 5.41) is -0.270. The SMILES string of the molecule is Cc1ccc(S(=O)(=O)CCc2nc(S(=O)(=O)c3ccc(F)cc3)c(N3CCCC3)o2)cc1. The second kappa shape index (κ2) is 8.67. The third-order valence-electron chi connectivity index (χ3n) is 5.36. The van der Waals surface area contributed by atoms with Gasteiger partial charge >= 0.3 is 0 Å². The summed E-state index contributed by atoms with van der Waals surface area (Å²) < 4.78 is 70.8. The first-order chi connectivity index (χ1) is 15.2. The van der Waals surface area contributed by atoms with Crippen LogP contribution in [0.1, 0.15) is 24.3 Å². The molecular weight excluding hydrogens is 455 g/mol. The zero-order chi connectivity index (χ0) is 22.9. The number of oxazole rings is 1. The predicted octanol–water partition coefficient (Wildman–Crippen LogP) is 3.57. The van der Waals surface area contributed by atoms with Gasteiger partial charge in [0.05, 0.1) is 15.5 Å². The van der Waals surface area contributed by atoms with Crippen LogP contribution in [0.15, 0.2) is 67.8 Å². The van der Waals surface area contributed by atoms with Gasteiger partial charge in [-0.05, 0) is 56.2 Å². The monoisotopic (exact) mass is 478 g/mol. The Labute approximate surface area is 186 Å². The second-order valence-electron chi connectivity index (χ2n) is 7.75. The quantitative estimate of drug-likeness (QED) is 0.479. The maximum absolute atomic E-state index is 13.3. The van der Waals surface area contributed by atoms with E-state index < -0.39 is 25.5 Å². The van der Waals surface area contributed by atoms with E-state index in [0.717, 1.165) is 30.5 Å². The number of aryl methyl sites for hydroxylation is 2. The van der Waals surface area contributed by atoms with Gasteiger partial charge in [0.2, 0.25) is 20.7 Å². The molecule has 1 saturated heterocycles. The van der Waals surface area contributed by atoms with Crippen LogP contribution in [0.25, 0.3) is 0 Å². The van der Waals surface area contributed by atoms with E-state index in [2.05, 4.69) is 4.98 Å². The van der Waals surface area contributed by atoms with E-state index in [4.69, 9.17) is 4.42 Å². The zero-order valence-electron chi connectivity index (χ0n) is 17.5. The molecule has 10 heteroatoms. The van der Waals surface area contributed by atoms with E-state index in [1.54, 1.807) is 29.2 Å². The van der Waals surface area contributed by atoms with Crippen LogP contribution in [0.3, 0.4) is 0 Å². The van der Waals surface area contributed by atoms with E-state index in [-0.39, 0.29) is 38.8 Å².